The number of amides is 1. The molecule has 0 bridgehead atoms. The molecule has 162 valence electrons. The number of ether oxygens (including phenoxy) is 1. The van der Waals surface area contributed by atoms with Crippen LogP contribution in [0.2, 0.25) is 0 Å². The Morgan fingerprint density at radius 3 is 2.42 bits per heavy atom. The maximum Gasteiger partial charge on any atom is 0.332 e. The van der Waals surface area contributed by atoms with E-state index >= 15 is 0 Å². The van der Waals surface area contributed by atoms with E-state index in [9.17, 15) is 23.6 Å². The molecule has 1 unspecified atom stereocenters. The van der Waals surface area contributed by atoms with Gasteiger partial charge in [-0.1, -0.05) is 24.3 Å². The predicted molar refractivity (Wildman–Crippen MR) is 112 cm³/mol. The third kappa shape index (κ3) is 4.88. The van der Waals surface area contributed by atoms with E-state index in [-0.39, 0.29) is 18.9 Å². The topological polar surface area (TPSA) is 99.4 Å². The normalized spacial score (nSPS) is 11.8. The second-order valence-corrected chi connectivity index (χ2v) is 6.91. The van der Waals surface area contributed by atoms with E-state index in [4.69, 9.17) is 4.74 Å². The molecule has 1 heterocycles. The Hall–Kier alpha value is -3.75. The molecule has 1 N–H and O–H groups in total. The maximum absolute atomic E-state index is 12.9. The largest absolute Gasteiger partial charge is 0.451 e. The van der Waals surface area contributed by atoms with E-state index in [0.717, 1.165) is 9.13 Å². The zero-order valence-corrected chi connectivity index (χ0v) is 17.1. The fraction of sp³-hybridized carbons (Fsp3) is 0.273. The van der Waals surface area contributed by atoms with Gasteiger partial charge in [-0.25, -0.2) is 9.18 Å². The van der Waals surface area contributed by atoms with Crippen LogP contribution < -0.4 is 16.6 Å². The highest BCUT2D eigenvalue weighted by molar-refractivity contribution is 5.84. The third-order valence-electron chi connectivity index (χ3n) is 4.79. The zero-order chi connectivity index (χ0) is 22.5. The predicted octanol–water partition coefficient (Wildman–Crippen LogP) is 1.57. The Morgan fingerprint density at radius 2 is 1.74 bits per heavy atom. The number of halogens is 1. The fourth-order valence-corrected chi connectivity index (χ4v) is 3.15. The molecule has 9 heteroatoms. The monoisotopic (exact) mass is 427 g/mol. The molecule has 0 fully saturated rings. The van der Waals surface area contributed by atoms with Crippen molar-refractivity contribution in [2.45, 2.75) is 39.6 Å². The molecule has 0 spiro atoms. The number of aromatic nitrogens is 2. The Kier molecular flexibility index (Phi) is 6.64. The van der Waals surface area contributed by atoms with Crippen LogP contribution in [-0.2, 0) is 34.0 Å². The zero-order valence-electron chi connectivity index (χ0n) is 17.1. The Morgan fingerprint density at radius 1 is 1.06 bits per heavy atom. The summed E-state index contributed by atoms with van der Waals surface area (Å²) in [5.74, 6) is -1.71. The molecule has 0 aliphatic carbocycles. The van der Waals surface area contributed by atoms with Crippen molar-refractivity contribution in [3.05, 3.63) is 80.7 Å². The maximum atomic E-state index is 12.9. The average molecular weight is 427 g/mol. The molecule has 0 saturated heterocycles. The first-order valence-electron chi connectivity index (χ1n) is 9.75. The number of fused-ring (bicyclic) bond motifs is 1. The van der Waals surface area contributed by atoms with Crippen LogP contribution in [0.5, 0.6) is 0 Å². The summed E-state index contributed by atoms with van der Waals surface area (Å²) < 4.78 is 20.3. The number of nitrogens with one attached hydrogen (secondary N) is 1. The van der Waals surface area contributed by atoms with E-state index in [1.54, 1.807) is 31.2 Å². The molecule has 8 nitrogen and oxygen atoms in total. The summed E-state index contributed by atoms with van der Waals surface area (Å²) in [5, 5.41) is 2.91. The first-order valence-corrected chi connectivity index (χ1v) is 9.75. The van der Waals surface area contributed by atoms with E-state index in [2.05, 4.69) is 5.32 Å². The van der Waals surface area contributed by atoms with Gasteiger partial charge >= 0.3 is 11.7 Å². The quantitative estimate of drug-likeness (QED) is 0.577. The highest BCUT2D eigenvalue weighted by Gasteiger charge is 2.20. The van der Waals surface area contributed by atoms with Crippen molar-refractivity contribution in [2.75, 3.05) is 0 Å². The molecule has 1 amide bonds. The molecule has 2 aromatic carbocycles. The number of benzene rings is 2. The van der Waals surface area contributed by atoms with Gasteiger partial charge in [0.1, 0.15) is 12.4 Å². The van der Waals surface area contributed by atoms with Gasteiger partial charge in [-0.15, -0.1) is 0 Å². The fourth-order valence-electron chi connectivity index (χ4n) is 3.15. The number of carbonyl (C=O) groups excluding carboxylic acids is 2. The average Bonchev–Trinajstić information content (AvgIpc) is 2.76. The van der Waals surface area contributed by atoms with Crippen molar-refractivity contribution >= 4 is 22.8 Å². The number of esters is 1. The van der Waals surface area contributed by atoms with E-state index in [1.165, 1.54) is 31.2 Å². The summed E-state index contributed by atoms with van der Waals surface area (Å²) in [4.78, 5) is 49.8. The van der Waals surface area contributed by atoms with Crippen LogP contribution >= 0.6 is 0 Å². The summed E-state index contributed by atoms with van der Waals surface area (Å²) >= 11 is 0. The minimum absolute atomic E-state index is 0.145. The van der Waals surface area contributed by atoms with Crippen LogP contribution in [0.1, 0.15) is 19.4 Å². The van der Waals surface area contributed by atoms with Gasteiger partial charge in [0, 0.05) is 13.1 Å². The molecule has 31 heavy (non-hydrogen) atoms. The van der Waals surface area contributed by atoms with Gasteiger partial charge in [0.2, 0.25) is 0 Å². The van der Waals surface area contributed by atoms with Gasteiger partial charge in [-0.3, -0.25) is 23.5 Å². The summed E-state index contributed by atoms with van der Waals surface area (Å²) in [5.41, 5.74) is -0.0569. The first kappa shape index (κ1) is 21.9. The van der Waals surface area contributed by atoms with Crippen molar-refractivity contribution in [2.24, 2.45) is 0 Å². The van der Waals surface area contributed by atoms with Gasteiger partial charge in [0.15, 0.2) is 6.10 Å². The van der Waals surface area contributed by atoms with Gasteiger partial charge in [-0.05, 0) is 43.7 Å². The number of rotatable bonds is 7. The summed E-state index contributed by atoms with van der Waals surface area (Å²) in [7, 11) is 0. The molecule has 0 saturated carbocycles. The first-order chi connectivity index (χ1) is 14.8. The van der Waals surface area contributed by atoms with Gasteiger partial charge in [-0.2, -0.15) is 0 Å². The van der Waals surface area contributed by atoms with Crippen LogP contribution in [0.3, 0.4) is 0 Å². The van der Waals surface area contributed by atoms with Crippen LogP contribution in [-0.4, -0.2) is 27.1 Å². The number of hydrogen-bond donors (Lipinski definition) is 1. The van der Waals surface area contributed by atoms with E-state index in [1.807, 2.05) is 0 Å². The highest BCUT2D eigenvalue weighted by Crippen LogP contribution is 2.08. The smallest absolute Gasteiger partial charge is 0.332 e. The molecule has 0 radical (unpaired) electrons. The second kappa shape index (κ2) is 9.38. The lowest BCUT2D eigenvalue weighted by molar-refractivity contribution is -0.155. The molecular weight excluding hydrogens is 405 g/mol. The summed E-state index contributed by atoms with van der Waals surface area (Å²) in [6, 6.07) is 12.1. The minimum Gasteiger partial charge on any atom is -0.451 e. The van der Waals surface area contributed by atoms with Crippen molar-refractivity contribution in [3.63, 3.8) is 0 Å². The Balaban J connectivity index is 1.71. The number of para-hydroxylation sites is 1. The molecular formula is C22H22FN3O5. The van der Waals surface area contributed by atoms with Crippen molar-refractivity contribution in [3.8, 4) is 0 Å². The third-order valence-corrected chi connectivity index (χ3v) is 4.79. The highest BCUT2D eigenvalue weighted by atomic mass is 19.1. The van der Waals surface area contributed by atoms with Crippen molar-refractivity contribution in [1.29, 1.82) is 0 Å². The second-order valence-electron chi connectivity index (χ2n) is 6.91. The number of nitrogens with zero attached hydrogens (tertiary/aromatic N) is 2. The molecule has 3 rings (SSSR count). The van der Waals surface area contributed by atoms with Crippen molar-refractivity contribution < 1.29 is 18.7 Å². The van der Waals surface area contributed by atoms with Crippen LogP contribution in [0.25, 0.3) is 10.9 Å². The van der Waals surface area contributed by atoms with Gasteiger partial charge in [0.25, 0.3) is 11.5 Å². The molecule has 1 atom stereocenters. The van der Waals surface area contributed by atoms with Gasteiger partial charge in [0.05, 0.1) is 10.9 Å². The lowest BCUT2D eigenvalue weighted by Gasteiger charge is -2.16. The van der Waals surface area contributed by atoms with Gasteiger partial charge < -0.3 is 10.1 Å². The van der Waals surface area contributed by atoms with Crippen LogP contribution in [0.4, 0.5) is 4.39 Å². The van der Waals surface area contributed by atoms with E-state index < -0.39 is 35.8 Å². The van der Waals surface area contributed by atoms with Crippen LogP contribution in [0, 0.1) is 5.82 Å². The lowest BCUT2D eigenvalue weighted by Crippen LogP contribution is -2.42. The summed E-state index contributed by atoms with van der Waals surface area (Å²) in [6.45, 7) is 2.92. The van der Waals surface area contributed by atoms with Crippen molar-refractivity contribution in [1.82, 2.24) is 14.5 Å². The standard InChI is InChI=1S/C22H22FN3O5/c1-3-25-21(29)17-6-4-5-7-18(17)26(22(25)30)13-19(27)31-14(2)20(28)24-12-15-8-10-16(23)11-9-15/h4-11,14H,3,12-13H2,1-2H3,(H,24,28). The molecule has 0 aliphatic rings. The molecule has 3 aromatic rings. The van der Waals surface area contributed by atoms with Crippen LogP contribution in [0.15, 0.2) is 58.1 Å². The molecule has 1 aromatic heterocycles. The Bertz CT molecular complexity index is 1230. The SMILES string of the molecule is CCn1c(=O)c2ccccc2n(CC(=O)OC(C)C(=O)NCc2ccc(F)cc2)c1=O. The minimum atomic E-state index is -1.10. The van der Waals surface area contributed by atoms with E-state index in [0.29, 0.717) is 16.5 Å². The summed E-state index contributed by atoms with van der Waals surface area (Å²) in [6.07, 6.45) is -1.10. The molecule has 0 aliphatic heterocycles. The number of carbonyl (C=O) groups is 2. The Labute approximate surface area is 176 Å². The lowest BCUT2D eigenvalue weighted by atomic mass is 10.2. The number of hydrogen-bond acceptors (Lipinski definition) is 5.